The van der Waals surface area contributed by atoms with Crippen LogP contribution >= 0.6 is 0 Å². The molecule has 0 bridgehead atoms. The predicted molar refractivity (Wildman–Crippen MR) is 85.6 cm³/mol. The molecule has 2 rings (SSSR count). The number of anilines is 1. The molecule has 0 aliphatic carbocycles. The molecule has 0 radical (unpaired) electrons. The van der Waals surface area contributed by atoms with Crippen molar-refractivity contribution in [3.8, 4) is 6.07 Å². The monoisotopic (exact) mass is 308 g/mol. The number of benzene rings is 2. The molecule has 2 aromatic rings. The number of nitrogens with one attached hydrogen (secondary N) is 1. The lowest BCUT2D eigenvalue weighted by molar-refractivity contribution is -0.115. The fourth-order valence-corrected chi connectivity index (χ4v) is 1.97. The van der Waals surface area contributed by atoms with Gasteiger partial charge in [0.05, 0.1) is 11.6 Å². The first-order valence-corrected chi connectivity index (χ1v) is 7.08. The summed E-state index contributed by atoms with van der Waals surface area (Å²) in [6.07, 6.45) is -0.208. The molecule has 5 nitrogen and oxygen atoms in total. The number of esters is 1. The number of nitriles is 1. The van der Waals surface area contributed by atoms with Crippen LogP contribution in [0.4, 0.5) is 5.69 Å². The van der Waals surface area contributed by atoms with Gasteiger partial charge in [-0.2, -0.15) is 5.26 Å². The summed E-state index contributed by atoms with van der Waals surface area (Å²) in [5, 5.41) is 11.0. The van der Waals surface area contributed by atoms with E-state index >= 15 is 0 Å². The molecule has 0 saturated carbocycles. The smallest absolute Gasteiger partial charge is 0.338 e. The van der Waals surface area contributed by atoms with E-state index in [4.69, 9.17) is 10.00 Å². The molecule has 1 N–H and O–H groups in total. The lowest BCUT2D eigenvalue weighted by atomic mass is 10.1. The van der Waals surface area contributed by atoms with Crippen LogP contribution in [0.2, 0.25) is 0 Å². The van der Waals surface area contributed by atoms with Gasteiger partial charge in [0.15, 0.2) is 0 Å². The molecule has 0 aliphatic heterocycles. The van der Waals surface area contributed by atoms with Gasteiger partial charge in [-0.1, -0.05) is 24.3 Å². The van der Waals surface area contributed by atoms with Crippen LogP contribution in [0, 0.1) is 18.3 Å². The van der Waals surface area contributed by atoms with E-state index in [1.165, 1.54) is 0 Å². The SMILES string of the molecule is Cc1ccccc1COC(=O)c1ccc(NC(=O)CC#N)cc1. The molecular weight excluding hydrogens is 292 g/mol. The summed E-state index contributed by atoms with van der Waals surface area (Å²) in [5.41, 5.74) is 2.95. The van der Waals surface area contributed by atoms with Crippen molar-refractivity contribution in [2.24, 2.45) is 0 Å². The topological polar surface area (TPSA) is 79.2 Å². The Kier molecular flexibility index (Phi) is 5.48. The molecule has 0 aliphatic rings. The van der Waals surface area contributed by atoms with Crippen molar-refractivity contribution in [1.29, 1.82) is 5.26 Å². The van der Waals surface area contributed by atoms with Gasteiger partial charge in [-0.3, -0.25) is 4.79 Å². The van der Waals surface area contributed by atoms with Crippen LogP contribution in [0.15, 0.2) is 48.5 Å². The quantitative estimate of drug-likeness (QED) is 0.860. The number of carbonyl (C=O) groups is 2. The molecule has 0 saturated heterocycles. The Bertz CT molecular complexity index is 746. The van der Waals surface area contributed by atoms with Crippen molar-refractivity contribution >= 4 is 17.6 Å². The molecule has 0 atom stereocenters. The number of amides is 1. The Morgan fingerprint density at radius 3 is 2.48 bits per heavy atom. The standard InChI is InChI=1S/C18H16N2O3/c1-13-4-2-3-5-15(13)12-23-18(22)14-6-8-16(9-7-14)20-17(21)10-11-19/h2-9H,10,12H2,1H3,(H,20,21). The zero-order valence-electron chi connectivity index (χ0n) is 12.7. The van der Waals surface area contributed by atoms with E-state index in [1.54, 1.807) is 30.3 Å². The lowest BCUT2D eigenvalue weighted by Crippen LogP contribution is -2.10. The maximum absolute atomic E-state index is 12.0. The van der Waals surface area contributed by atoms with Gasteiger partial charge in [0.25, 0.3) is 0 Å². The first-order valence-electron chi connectivity index (χ1n) is 7.08. The highest BCUT2D eigenvalue weighted by atomic mass is 16.5. The summed E-state index contributed by atoms with van der Waals surface area (Å²) in [7, 11) is 0. The molecule has 2 aromatic carbocycles. The Morgan fingerprint density at radius 2 is 1.83 bits per heavy atom. The molecule has 0 heterocycles. The Labute approximate surface area is 134 Å². The van der Waals surface area contributed by atoms with E-state index in [1.807, 2.05) is 31.2 Å². The highest BCUT2D eigenvalue weighted by Crippen LogP contribution is 2.13. The Balaban J connectivity index is 1.94. The minimum atomic E-state index is -0.428. The van der Waals surface area contributed by atoms with Crippen LogP contribution in [0.25, 0.3) is 0 Å². The molecule has 0 spiro atoms. The zero-order chi connectivity index (χ0) is 16.7. The first kappa shape index (κ1) is 16.2. The van der Waals surface area contributed by atoms with Crippen molar-refractivity contribution in [3.05, 3.63) is 65.2 Å². The van der Waals surface area contributed by atoms with Gasteiger partial charge in [0.2, 0.25) is 5.91 Å². The second-order valence-electron chi connectivity index (χ2n) is 4.96. The number of ether oxygens (including phenoxy) is 1. The number of hydrogen-bond acceptors (Lipinski definition) is 4. The molecule has 23 heavy (non-hydrogen) atoms. The summed E-state index contributed by atoms with van der Waals surface area (Å²) < 4.78 is 5.29. The van der Waals surface area contributed by atoms with E-state index < -0.39 is 5.97 Å². The van der Waals surface area contributed by atoms with E-state index in [2.05, 4.69) is 5.32 Å². The normalized spacial score (nSPS) is 9.74. The molecule has 0 aromatic heterocycles. The van der Waals surface area contributed by atoms with Gasteiger partial charge < -0.3 is 10.1 Å². The summed E-state index contributed by atoms with van der Waals surface area (Å²) in [6, 6.07) is 15.8. The largest absolute Gasteiger partial charge is 0.457 e. The van der Waals surface area contributed by atoms with Crippen LogP contribution in [0.5, 0.6) is 0 Å². The van der Waals surface area contributed by atoms with Crippen molar-refractivity contribution < 1.29 is 14.3 Å². The van der Waals surface area contributed by atoms with Crippen LogP contribution in [0.1, 0.15) is 27.9 Å². The number of carbonyl (C=O) groups excluding carboxylic acids is 2. The summed E-state index contributed by atoms with van der Waals surface area (Å²) in [6.45, 7) is 2.17. The highest BCUT2D eigenvalue weighted by Gasteiger charge is 2.09. The maximum atomic E-state index is 12.0. The third-order valence-corrected chi connectivity index (χ3v) is 3.26. The van der Waals surface area contributed by atoms with Crippen molar-refractivity contribution in [3.63, 3.8) is 0 Å². The minimum Gasteiger partial charge on any atom is -0.457 e. The van der Waals surface area contributed by atoms with Gasteiger partial charge in [0.1, 0.15) is 13.0 Å². The Morgan fingerprint density at radius 1 is 1.13 bits per heavy atom. The minimum absolute atomic E-state index is 0.208. The van der Waals surface area contributed by atoms with E-state index in [0.29, 0.717) is 11.3 Å². The molecule has 0 fully saturated rings. The zero-order valence-corrected chi connectivity index (χ0v) is 12.7. The third-order valence-electron chi connectivity index (χ3n) is 3.26. The summed E-state index contributed by atoms with van der Waals surface area (Å²) in [5.74, 6) is -0.814. The molecule has 5 heteroatoms. The molecule has 116 valence electrons. The van der Waals surface area contributed by atoms with Crippen LogP contribution in [-0.4, -0.2) is 11.9 Å². The average Bonchev–Trinajstić information content (AvgIpc) is 2.55. The lowest BCUT2D eigenvalue weighted by Gasteiger charge is -2.08. The van der Waals surface area contributed by atoms with Crippen LogP contribution < -0.4 is 5.32 Å². The van der Waals surface area contributed by atoms with Crippen molar-refractivity contribution in [1.82, 2.24) is 0 Å². The fraction of sp³-hybridized carbons (Fsp3) is 0.167. The second kappa shape index (κ2) is 7.76. The Hall–Kier alpha value is -3.13. The van der Waals surface area contributed by atoms with E-state index in [0.717, 1.165) is 11.1 Å². The summed E-state index contributed by atoms with van der Waals surface area (Å²) >= 11 is 0. The number of aryl methyl sites for hydroxylation is 1. The maximum Gasteiger partial charge on any atom is 0.338 e. The van der Waals surface area contributed by atoms with Crippen molar-refractivity contribution in [2.75, 3.05) is 5.32 Å². The summed E-state index contributed by atoms with van der Waals surface area (Å²) in [4.78, 5) is 23.3. The number of nitrogens with zero attached hydrogens (tertiary/aromatic N) is 1. The number of hydrogen-bond donors (Lipinski definition) is 1. The fourth-order valence-electron chi connectivity index (χ4n) is 1.97. The van der Waals surface area contributed by atoms with Gasteiger partial charge in [0, 0.05) is 5.69 Å². The second-order valence-corrected chi connectivity index (χ2v) is 4.96. The predicted octanol–water partition coefficient (Wildman–Crippen LogP) is 3.20. The first-order chi connectivity index (χ1) is 11.1. The highest BCUT2D eigenvalue weighted by molar-refractivity contribution is 5.93. The van der Waals surface area contributed by atoms with Gasteiger partial charge in [-0.15, -0.1) is 0 Å². The van der Waals surface area contributed by atoms with Gasteiger partial charge in [-0.05, 0) is 42.3 Å². The average molecular weight is 308 g/mol. The number of rotatable bonds is 5. The van der Waals surface area contributed by atoms with Crippen LogP contribution in [0.3, 0.4) is 0 Å². The van der Waals surface area contributed by atoms with E-state index in [-0.39, 0.29) is 18.9 Å². The van der Waals surface area contributed by atoms with E-state index in [9.17, 15) is 9.59 Å². The molecule has 1 amide bonds. The van der Waals surface area contributed by atoms with Crippen molar-refractivity contribution in [2.45, 2.75) is 20.0 Å². The van der Waals surface area contributed by atoms with Gasteiger partial charge >= 0.3 is 5.97 Å². The molecule has 0 unspecified atom stereocenters. The van der Waals surface area contributed by atoms with Gasteiger partial charge in [-0.25, -0.2) is 4.79 Å². The third kappa shape index (κ3) is 4.68. The molecular formula is C18H16N2O3. The van der Waals surface area contributed by atoms with Crippen LogP contribution in [-0.2, 0) is 16.1 Å².